The summed E-state index contributed by atoms with van der Waals surface area (Å²) in [4.78, 5) is 12.0. The van der Waals surface area contributed by atoms with Gasteiger partial charge in [0.2, 0.25) is 5.89 Å². The van der Waals surface area contributed by atoms with Gasteiger partial charge in [0.25, 0.3) is 0 Å². The largest absolute Gasteiger partial charge is 0.361 e. The lowest BCUT2D eigenvalue weighted by molar-refractivity contribution is 0.379. The molecule has 0 bridgehead atoms. The fourth-order valence-electron chi connectivity index (χ4n) is 1.01. The second kappa shape index (κ2) is 4.35. The highest BCUT2D eigenvalue weighted by Gasteiger charge is 2.02. The van der Waals surface area contributed by atoms with Crippen molar-refractivity contribution in [3.8, 4) is 0 Å². The minimum Gasteiger partial charge on any atom is -0.361 e. The lowest BCUT2D eigenvalue weighted by Crippen LogP contribution is -2.01. The fourth-order valence-corrected chi connectivity index (χ4v) is 1.32. The molecule has 6 nitrogen and oxygen atoms in total. The molecule has 0 spiro atoms. The molecule has 0 aromatic carbocycles. The number of hydrogen-bond acceptors (Lipinski definition) is 6. The standard InChI is InChI=1S/C8H8BrN5O/c1-5-13-8(15-14-5)3-10-7-2-6(9)11-4-12-7/h2,4H,3H2,1H3,(H,10,11,12). The van der Waals surface area contributed by atoms with E-state index in [4.69, 9.17) is 4.52 Å². The van der Waals surface area contributed by atoms with E-state index in [1.165, 1.54) is 6.33 Å². The summed E-state index contributed by atoms with van der Waals surface area (Å²) in [5.74, 6) is 1.85. The third-order valence-corrected chi connectivity index (χ3v) is 2.06. The minimum atomic E-state index is 0.449. The van der Waals surface area contributed by atoms with Crippen molar-refractivity contribution < 1.29 is 4.52 Å². The molecule has 2 aromatic rings. The van der Waals surface area contributed by atoms with E-state index in [2.05, 4.69) is 41.4 Å². The molecular formula is C8H8BrN5O. The molecule has 2 heterocycles. The lowest BCUT2D eigenvalue weighted by Gasteiger charge is -2.00. The van der Waals surface area contributed by atoms with Gasteiger partial charge in [-0.15, -0.1) is 0 Å². The molecule has 1 N–H and O–H groups in total. The van der Waals surface area contributed by atoms with E-state index >= 15 is 0 Å². The Morgan fingerprint density at radius 2 is 2.33 bits per heavy atom. The third-order valence-electron chi connectivity index (χ3n) is 1.62. The van der Waals surface area contributed by atoms with Gasteiger partial charge in [0.05, 0.1) is 6.54 Å². The molecule has 0 unspecified atom stereocenters. The second-order valence-electron chi connectivity index (χ2n) is 2.81. The zero-order chi connectivity index (χ0) is 10.7. The Kier molecular flexibility index (Phi) is 2.91. The number of aryl methyl sites for hydroxylation is 1. The highest BCUT2D eigenvalue weighted by molar-refractivity contribution is 9.10. The van der Waals surface area contributed by atoms with Crippen LogP contribution in [0, 0.1) is 6.92 Å². The van der Waals surface area contributed by atoms with Crippen LogP contribution in [0.3, 0.4) is 0 Å². The highest BCUT2D eigenvalue weighted by Crippen LogP contribution is 2.10. The summed E-state index contributed by atoms with van der Waals surface area (Å²) < 4.78 is 5.66. The quantitative estimate of drug-likeness (QED) is 0.852. The van der Waals surface area contributed by atoms with Crippen molar-refractivity contribution in [1.82, 2.24) is 20.1 Å². The molecule has 0 aliphatic rings. The number of anilines is 1. The molecule has 0 amide bonds. The zero-order valence-corrected chi connectivity index (χ0v) is 9.52. The van der Waals surface area contributed by atoms with Crippen LogP contribution in [0.15, 0.2) is 21.5 Å². The molecule has 7 heteroatoms. The van der Waals surface area contributed by atoms with Crippen LogP contribution in [0.1, 0.15) is 11.7 Å². The maximum absolute atomic E-state index is 4.94. The van der Waals surface area contributed by atoms with Crippen molar-refractivity contribution >= 4 is 21.7 Å². The summed E-state index contributed by atoms with van der Waals surface area (Å²) in [7, 11) is 0. The normalized spacial score (nSPS) is 10.3. The molecule has 78 valence electrons. The van der Waals surface area contributed by atoms with Crippen LogP contribution in [-0.4, -0.2) is 20.1 Å². The Morgan fingerprint density at radius 3 is 3.00 bits per heavy atom. The predicted molar refractivity (Wildman–Crippen MR) is 56.1 cm³/mol. The van der Waals surface area contributed by atoms with Gasteiger partial charge in [-0.05, 0) is 22.9 Å². The molecular weight excluding hydrogens is 262 g/mol. The first-order valence-corrected chi connectivity index (χ1v) is 5.04. The minimum absolute atomic E-state index is 0.449. The van der Waals surface area contributed by atoms with Crippen molar-refractivity contribution in [3.63, 3.8) is 0 Å². The van der Waals surface area contributed by atoms with Crippen molar-refractivity contribution in [3.05, 3.63) is 28.7 Å². The summed E-state index contributed by atoms with van der Waals surface area (Å²) in [5.41, 5.74) is 0. The average Bonchev–Trinajstić information content (AvgIpc) is 2.62. The SMILES string of the molecule is Cc1noc(CNc2cc(Br)ncn2)n1. The van der Waals surface area contributed by atoms with E-state index in [1.807, 2.05) is 0 Å². The molecule has 0 fully saturated rings. The Balaban J connectivity index is 1.99. The van der Waals surface area contributed by atoms with Gasteiger partial charge in [-0.1, -0.05) is 5.16 Å². The first-order valence-electron chi connectivity index (χ1n) is 4.24. The summed E-state index contributed by atoms with van der Waals surface area (Å²) in [6.45, 7) is 2.22. The van der Waals surface area contributed by atoms with Gasteiger partial charge >= 0.3 is 0 Å². The molecule has 0 saturated heterocycles. The van der Waals surface area contributed by atoms with Crippen LogP contribution in [0.4, 0.5) is 5.82 Å². The number of nitrogens with one attached hydrogen (secondary N) is 1. The van der Waals surface area contributed by atoms with E-state index in [0.717, 1.165) is 4.60 Å². The number of rotatable bonds is 3. The summed E-state index contributed by atoms with van der Waals surface area (Å²) >= 11 is 3.25. The molecule has 2 aromatic heterocycles. The van der Waals surface area contributed by atoms with Crippen LogP contribution in [0.25, 0.3) is 0 Å². The van der Waals surface area contributed by atoms with E-state index in [9.17, 15) is 0 Å². The molecule has 0 saturated carbocycles. The Bertz CT molecular complexity index is 458. The summed E-state index contributed by atoms with van der Waals surface area (Å²) in [6.07, 6.45) is 1.46. The maximum Gasteiger partial charge on any atom is 0.245 e. The first-order chi connectivity index (χ1) is 7.24. The smallest absolute Gasteiger partial charge is 0.245 e. The van der Waals surface area contributed by atoms with Crippen LogP contribution in [-0.2, 0) is 6.54 Å². The summed E-state index contributed by atoms with van der Waals surface area (Å²) in [5, 5.41) is 6.72. The second-order valence-corrected chi connectivity index (χ2v) is 3.63. The van der Waals surface area contributed by atoms with E-state index < -0.39 is 0 Å². The molecule has 0 aliphatic carbocycles. The molecule has 15 heavy (non-hydrogen) atoms. The number of hydrogen-bond donors (Lipinski definition) is 1. The average molecular weight is 270 g/mol. The van der Waals surface area contributed by atoms with Gasteiger partial charge in [0, 0.05) is 6.07 Å². The molecule has 0 atom stereocenters. The Hall–Kier alpha value is -1.50. The van der Waals surface area contributed by atoms with Gasteiger partial charge in [0.15, 0.2) is 5.82 Å². The van der Waals surface area contributed by atoms with Crippen molar-refractivity contribution in [1.29, 1.82) is 0 Å². The molecule has 0 aliphatic heterocycles. The van der Waals surface area contributed by atoms with Crippen LogP contribution >= 0.6 is 15.9 Å². The van der Waals surface area contributed by atoms with Gasteiger partial charge < -0.3 is 9.84 Å². The van der Waals surface area contributed by atoms with Crippen molar-refractivity contribution in [2.24, 2.45) is 0 Å². The number of halogens is 1. The zero-order valence-electron chi connectivity index (χ0n) is 7.94. The van der Waals surface area contributed by atoms with Crippen LogP contribution < -0.4 is 5.32 Å². The van der Waals surface area contributed by atoms with E-state index in [0.29, 0.717) is 24.1 Å². The first kappa shape index (κ1) is 10.0. The lowest BCUT2D eigenvalue weighted by atomic mass is 10.5. The monoisotopic (exact) mass is 269 g/mol. The Morgan fingerprint density at radius 1 is 1.47 bits per heavy atom. The predicted octanol–water partition coefficient (Wildman–Crippen LogP) is 1.54. The van der Waals surface area contributed by atoms with E-state index in [1.54, 1.807) is 13.0 Å². The van der Waals surface area contributed by atoms with Crippen molar-refractivity contribution in [2.45, 2.75) is 13.5 Å². The van der Waals surface area contributed by atoms with Gasteiger partial charge in [-0.25, -0.2) is 9.97 Å². The van der Waals surface area contributed by atoms with Gasteiger partial charge in [-0.3, -0.25) is 0 Å². The number of aromatic nitrogens is 4. The van der Waals surface area contributed by atoms with Gasteiger partial charge in [-0.2, -0.15) is 4.98 Å². The topological polar surface area (TPSA) is 76.7 Å². The Labute approximate surface area is 94.3 Å². The van der Waals surface area contributed by atoms with E-state index in [-0.39, 0.29) is 0 Å². The molecule has 2 rings (SSSR count). The van der Waals surface area contributed by atoms with Crippen LogP contribution in [0.2, 0.25) is 0 Å². The fraction of sp³-hybridized carbons (Fsp3) is 0.250. The molecule has 0 radical (unpaired) electrons. The number of nitrogens with zero attached hydrogens (tertiary/aromatic N) is 4. The maximum atomic E-state index is 4.94. The summed E-state index contributed by atoms with van der Waals surface area (Å²) in [6, 6.07) is 1.77. The highest BCUT2D eigenvalue weighted by atomic mass is 79.9. The van der Waals surface area contributed by atoms with Crippen molar-refractivity contribution in [2.75, 3.05) is 5.32 Å². The van der Waals surface area contributed by atoms with Crippen LogP contribution in [0.5, 0.6) is 0 Å². The van der Waals surface area contributed by atoms with Gasteiger partial charge in [0.1, 0.15) is 16.7 Å². The third kappa shape index (κ3) is 2.72.